The van der Waals surface area contributed by atoms with Crippen molar-refractivity contribution in [2.75, 3.05) is 6.54 Å². The van der Waals surface area contributed by atoms with Gasteiger partial charge in [-0.15, -0.1) is 0 Å². The standard InChI is InChI=1S/C14H18ClN3O/c15-13-6-1-10(7-16-13)8-18(12-4-5-12)9-14(19)17-11-2-3-11/h1,6-7,11-12H,2-5,8-9H2,(H,17,19). The van der Waals surface area contributed by atoms with E-state index in [1.165, 1.54) is 12.8 Å². The van der Waals surface area contributed by atoms with Crippen LogP contribution in [-0.2, 0) is 11.3 Å². The number of carbonyl (C=O) groups excluding carboxylic acids is 1. The maximum absolute atomic E-state index is 11.9. The van der Waals surface area contributed by atoms with Crippen molar-refractivity contribution >= 4 is 17.5 Å². The molecule has 2 aliphatic carbocycles. The molecule has 2 fully saturated rings. The Balaban J connectivity index is 1.57. The number of nitrogens with one attached hydrogen (secondary N) is 1. The first-order valence-corrected chi connectivity index (χ1v) is 7.22. The fraction of sp³-hybridized carbons (Fsp3) is 0.571. The Morgan fingerprint density at radius 1 is 1.37 bits per heavy atom. The molecule has 1 heterocycles. The molecule has 0 spiro atoms. The van der Waals surface area contributed by atoms with Crippen LogP contribution >= 0.6 is 11.6 Å². The molecule has 0 radical (unpaired) electrons. The van der Waals surface area contributed by atoms with Gasteiger partial charge in [0.25, 0.3) is 0 Å². The van der Waals surface area contributed by atoms with E-state index >= 15 is 0 Å². The zero-order valence-electron chi connectivity index (χ0n) is 10.8. The summed E-state index contributed by atoms with van der Waals surface area (Å²) in [6.07, 6.45) is 6.44. The minimum atomic E-state index is 0.149. The second-order valence-electron chi connectivity index (χ2n) is 5.47. The van der Waals surface area contributed by atoms with Crippen molar-refractivity contribution in [3.63, 3.8) is 0 Å². The van der Waals surface area contributed by atoms with Crippen LogP contribution in [0.5, 0.6) is 0 Å². The number of amides is 1. The summed E-state index contributed by atoms with van der Waals surface area (Å²) in [5.74, 6) is 0.149. The Morgan fingerprint density at radius 2 is 2.16 bits per heavy atom. The van der Waals surface area contributed by atoms with E-state index in [0.29, 0.717) is 23.8 Å². The maximum Gasteiger partial charge on any atom is 0.234 e. The highest BCUT2D eigenvalue weighted by Crippen LogP contribution is 2.28. The van der Waals surface area contributed by atoms with Crippen LogP contribution in [0.25, 0.3) is 0 Å². The summed E-state index contributed by atoms with van der Waals surface area (Å²) in [7, 11) is 0. The summed E-state index contributed by atoms with van der Waals surface area (Å²) >= 11 is 5.78. The smallest absolute Gasteiger partial charge is 0.234 e. The van der Waals surface area contributed by atoms with Crippen LogP contribution in [0.1, 0.15) is 31.2 Å². The topological polar surface area (TPSA) is 45.2 Å². The van der Waals surface area contributed by atoms with Crippen molar-refractivity contribution < 1.29 is 4.79 Å². The molecular weight excluding hydrogens is 262 g/mol. The van der Waals surface area contributed by atoms with Crippen molar-refractivity contribution in [2.24, 2.45) is 0 Å². The van der Waals surface area contributed by atoms with Crippen LogP contribution in [0.4, 0.5) is 0 Å². The predicted molar refractivity (Wildman–Crippen MR) is 73.8 cm³/mol. The highest BCUT2D eigenvalue weighted by atomic mass is 35.5. The van der Waals surface area contributed by atoms with Crippen LogP contribution in [0.15, 0.2) is 18.3 Å². The molecule has 0 unspecified atom stereocenters. The molecule has 0 saturated heterocycles. The highest BCUT2D eigenvalue weighted by Gasteiger charge is 2.31. The van der Waals surface area contributed by atoms with Gasteiger partial charge in [-0.1, -0.05) is 17.7 Å². The average Bonchev–Trinajstić information content (AvgIpc) is 3.24. The first-order valence-electron chi connectivity index (χ1n) is 6.84. The Hall–Kier alpha value is -1.13. The third kappa shape index (κ3) is 3.91. The number of carbonyl (C=O) groups is 1. The number of hydrogen-bond donors (Lipinski definition) is 1. The van der Waals surface area contributed by atoms with Crippen LogP contribution < -0.4 is 5.32 Å². The molecule has 0 atom stereocenters. The summed E-state index contributed by atoms with van der Waals surface area (Å²) in [4.78, 5) is 18.2. The van der Waals surface area contributed by atoms with E-state index in [1.54, 1.807) is 12.3 Å². The summed E-state index contributed by atoms with van der Waals surface area (Å²) in [6, 6.07) is 4.77. The van der Waals surface area contributed by atoms with Crippen molar-refractivity contribution in [2.45, 2.75) is 44.3 Å². The lowest BCUT2D eigenvalue weighted by Crippen LogP contribution is -2.39. The van der Waals surface area contributed by atoms with Crippen LogP contribution in [0.2, 0.25) is 5.15 Å². The van der Waals surface area contributed by atoms with Gasteiger partial charge in [0.2, 0.25) is 5.91 Å². The van der Waals surface area contributed by atoms with Gasteiger partial charge < -0.3 is 5.32 Å². The van der Waals surface area contributed by atoms with E-state index in [0.717, 1.165) is 24.9 Å². The number of hydrogen-bond acceptors (Lipinski definition) is 3. The van der Waals surface area contributed by atoms with Crippen molar-refractivity contribution in [1.29, 1.82) is 0 Å². The lowest BCUT2D eigenvalue weighted by Gasteiger charge is -2.21. The van der Waals surface area contributed by atoms with Gasteiger partial charge in [-0.05, 0) is 37.3 Å². The number of aromatic nitrogens is 1. The zero-order chi connectivity index (χ0) is 13.2. The van der Waals surface area contributed by atoms with Gasteiger partial charge in [-0.25, -0.2) is 4.98 Å². The van der Waals surface area contributed by atoms with E-state index < -0.39 is 0 Å². The Labute approximate surface area is 118 Å². The molecule has 19 heavy (non-hydrogen) atoms. The van der Waals surface area contributed by atoms with E-state index in [4.69, 9.17) is 11.6 Å². The molecule has 1 amide bonds. The summed E-state index contributed by atoms with van der Waals surface area (Å²) < 4.78 is 0. The molecule has 5 heteroatoms. The Kier molecular flexibility index (Phi) is 3.71. The number of pyridine rings is 1. The average molecular weight is 280 g/mol. The fourth-order valence-corrected chi connectivity index (χ4v) is 2.29. The molecule has 4 nitrogen and oxygen atoms in total. The SMILES string of the molecule is O=C(CN(Cc1ccc(Cl)nc1)C1CC1)NC1CC1. The third-order valence-corrected chi connectivity index (χ3v) is 3.75. The second-order valence-corrected chi connectivity index (χ2v) is 5.85. The van der Waals surface area contributed by atoms with Gasteiger partial charge in [-0.3, -0.25) is 9.69 Å². The summed E-state index contributed by atoms with van der Waals surface area (Å²) in [5, 5.41) is 3.55. The van der Waals surface area contributed by atoms with Gasteiger partial charge in [0.15, 0.2) is 0 Å². The van der Waals surface area contributed by atoms with Crippen LogP contribution in [0, 0.1) is 0 Å². The predicted octanol–water partition coefficient (Wildman–Crippen LogP) is 1.98. The molecule has 2 aliphatic rings. The lowest BCUT2D eigenvalue weighted by atomic mass is 10.2. The van der Waals surface area contributed by atoms with Crippen LogP contribution in [-0.4, -0.2) is 34.4 Å². The summed E-state index contributed by atoms with van der Waals surface area (Å²) in [5.41, 5.74) is 1.11. The molecule has 0 aromatic carbocycles. The van der Waals surface area contributed by atoms with Gasteiger partial charge in [0.05, 0.1) is 6.54 Å². The molecule has 2 saturated carbocycles. The lowest BCUT2D eigenvalue weighted by molar-refractivity contribution is -0.122. The van der Waals surface area contributed by atoms with Gasteiger partial charge in [0, 0.05) is 24.8 Å². The number of halogens is 1. The second kappa shape index (κ2) is 5.47. The molecule has 1 N–H and O–H groups in total. The fourth-order valence-electron chi connectivity index (χ4n) is 2.17. The Morgan fingerprint density at radius 3 is 2.74 bits per heavy atom. The molecule has 0 aliphatic heterocycles. The van der Waals surface area contributed by atoms with E-state index in [1.807, 2.05) is 6.07 Å². The summed E-state index contributed by atoms with van der Waals surface area (Å²) in [6.45, 7) is 1.26. The molecular formula is C14H18ClN3O. The molecule has 0 bridgehead atoms. The number of nitrogens with zero attached hydrogens (tertiary/aromatic N) is 2. The monoisotopic (exact) mass is 279 g/mol. The largest absolute Gasteiger partial charge is 0.352 e. The van der Waals surface area contributed by atoms with Gasteiger partial charge in [0.1, 0.15) is 5.15 Å². The molecule has 3 rings (SSSR count). The first kappa shape index (κ1) is 12.9. The van der Waals surface area contributed by atoms with E-state index in [9.17, 15) is 4.79 Å². The van der Waals surface area contributed by atoms with E-state index in [-0.39, 0.29) is 5.91 Å². The first-order chi connectivity index (χ1) is 9.20. The molecule has 1 aromatic rings. The Bertz CT molecular complexity index is 454. The molecule has 1 aromatic heterocycles. The van der Waals surface area contributed by atoms with E-state index in [2.05, 4.69) is 15.2 Å². The highest BCUT2D eigenvalue weighted by molar-refractivity contribution is 6.29. The van der Waals surface area contributed by atoms with Crippen molar-refractivity contribution in [3.05, 3.63) is 29.0 Å². The van der Waals surface area contributed by atoms with Crippen molar-refractivity contribution in [1.82, 2.24) is 15.2 Å². The number of rotatable bonds is 6. The normalized spacial score (nSPS) is 18.6. The van der Waals surface area contributed by atoms with Crippen LogP contribution in [0.3, 0.4) is 0 Å². The van der Waals surface area contributed by atoms with Gasteiger partial charge in [-0.2, -0.15) is 0 Å². The zero-order valence-corrected chi connectivity index (χ0v) is 11.6. The van der Waals surface area contributed by atoms with Crippen molar-refractivity contribution in [3.8, 4) is 0 Å². The van der Waals surface area contributed by atoms with Gasteiger partial charge >= 0.3 is 0 Å². The molecule has 102 valence electrons. The minimum absolute atomic E-state index is 0.149. The minimum Gasteiger partial charge on any atom is -0.352 e. The third-order valence-electron chi connectivity index (χ3n) is 3.53. The quantitative estimate of drug-likeness (QED) is 0.810. The maximum atomic E-state index is 11.9.